The van der Waals surface area contributed by atoms with Gasteiger partial charge in [0.25, 0.3) is 0 Å². The van der Waals surface area contributed by atoms with Crippen molar-refractivity contribution in [1.82, 2.24) is 9.97 Å². The molecule has 0 aliphatic carbocycles. The SMILES string of the molecule is CCc1nc2c(Cl)cc(F)c(-c3ncc(C(F)(F)F)cc3Cl)c2o1. The van der Waals surface area contributed by atoms with Gasteiger partial charge >= 0.3 is 6.18 Å². The molecule has 0 atom stereocenters. The Balaban J connectivity index is 2.28. The Labute approximate surface area is 143 Å². The van der Waals surface area contributed by atoms with Crippen LogP contribution in [-0.4, -0.2) is 9.97 Å². The molecule has 0 fully saturated rings. The van der Waals surface area contributed by atoms with Crippen LogP contribution in [0.15, 0.2) is 22.7 Å². The molecule has 126 valence electrons. The summed E-state index contributed by atoms with van der Waals surface area (Å²) in [5.41, 5.74) is -1.20. The van der Waals surface area contributed by atoms with E-state index in [0.29, 0.717) is 24.6 Å². The predicted octanol–water partition coefficient (Wildman–Crippen LogP) is 5.92. The van der Waals surface area contributed by atoms with Crippen LogP contribution in [0.25, 0.3) is 22.4 Å². The number of aryl methyl sites for hydroxylation is 1. The third-order valence-electron chi connectivity index (χ3n) is 3.32. The van der Waals surface area contributed by atoms with E-state index in [2.05, 4.69) is 9.97 Å². The molecule has 0 saturated heterocycles. The molecule has 3 aromatic rings. The largest absolute Gasteiger partial charge is 0.440 e. The second kappa shape index (κ2) is 5.89. The summed E-state index contributed by atoms with van der Waals surface area (Å²) in [5, 5.41) is -0.334. The molecule has 2 heterocycles. The van der Waals surface area contributed by atoms with Gasteiger partial charge in [-0.15, -0.1) is 0 Å². The smallest absolute Gasteiger partial charge is 0.417 e. The molecule has 1 aromatic carbocycles. The molecule has 0 bridgehead atoms. The molecule has 9 heteroatoms. The number of halogens is 6. The van der Waals surface area contributed by atoms with Crippen LogP contribution in [0.2, 0.25) is 10.0 Å². The molecular weight excluding hydrogens is 371 g/mol. The third-order valence-corrected chi connectivity index (χ3v) is 3.90. The molecule has 0 saturated carbocycles. The Hall–Kier alpha value is -1.86. The minimum atomic E-state index is -4.61. The molecule has 0 N–H and O–H groups in total. The topological polar surface area (TPSA) is 38.9 Å². The van der Waals surface area contributed by atoms with Gasteiger partial charge in [0.1, 0.15) is 11.3 Å². The zero-order valence-corrected chi connectivity index (χ0v) is 13.5. The second-order valence-electron chi connectivity index (χ2n) is 4.91. The van der Waals surface area contributed by atoms with Crippen LogP contribution in [0, 0.1) is 5.82 Å². The van der Waals surface area contributed by atoms with Gasteiger partial charge in [0.15, 0.2) is 11.5 Å². The first-order chi connectivity index (χ1) is 11.2. The minimum absolute atomic E-state index is 0.00833. The number of pyridine rings is 1. The van der Waals surface area contributed by atoms with E-state index in [1.54, 1.807) is 6.92 Å². The lowest BCUT2D eigenvalue weighted by Gasteiger charge is -2.10. The standard InChI is InChI=1S/C15H8Cl2F4N2O/c1-2-10-23-13-8(17)4-9(18)11(14(13)24-10)12-7(16)3-6(5-22-12)15(19,20)21/h3-5H,2H2,1H3. The average Bonchev–Trinajstić information content (AvgIpc) is 2.92. The number of hydrogen-bond donors (Lipinski definition) is 0. The maximum atomic E-state index is 14.4. The van der Waals surface area contributed by atoms with Crippen molar-refractivity contribution in [2.45, 2.75) is 19.5 Å². The van der Waals surface area contributed by atoms with Crippen molar-refractivity contribution in [3.63, 3.8) is 0 Å². The van der Waals surface area contributed by atoms with E-state index >= 15 is 0 Å². The van der Waals surface area contributed by atoms with E-state index < -0.39 is 17.6 Å². The highest BCUT2D eigenvalue weighted by Crippen LogP contribution is 2.39. The van der Waals surface area contributed by atoms with Gasteiger partial charge in [-0.25, -0.2) is 9.37 Å². The van der Waals surface area contributed by atoms with Gasteiger partial charge < -0.3 is 4.42 Å². The van der Waals surface area contributed by atoms with E-state index in [4.69, 9.17) is 27.6 Å². The molecule has 0 spiro atoms. The fourth-order valence-electron chi connectivity index (χ4n) is 2.20. The minimum Gasteiger partial charge on any atom is -0.440 e. The summed E-state index contributed by atoms with van der Waals surface area (Å²) in [4.78, 5) is 7.80. The van der Waals surface area contributed by atoms with Gasteiger partial charge in [-0.1, -0.05) is 30.1 Å². The van der Waals surface area contributed by atoms with Gasteiger partial charge in [-0.3, -0.25) is 4.98 Å². The van der Waals surface area contributed by atoms with E-state index in [0.717, 1.165) is 6.07 Å². The van der Waals surface area contributed by atoms with Gasteiger partial charge in [0, 0.05) is 12.6 Å². The monoisotopic (exact) mass is 378 g/mol. The van der Waals surface area contributed by atoms with Gasteiger partial charge in [-0.05, 0) is 12.1 Å². The van der Waals surface area contributed by atoms with Crippen molar-refractivity contribution in [1.29, 1.82) is 0 Å². The Bertz CT molecular complexity index is 937. The maximum Gasteiger partial charge on any atom is 0.417 e. The van der Waals surface area contributed by atoms with Gasteiger partial charge in [0.2, 0.25) is 0 Å². The van der Waals surface area contributed by atoms with Crippen molar-refractivity contribution in [3.05, 3.63) is 45.6 Å². The molecule has 3 nitrogen and oxygen atoms in total. The molecular formula is C15H8Cl2F4N2O. The van der Waals surface area contributed by atoms with Gasteiger partial charge in [0.05, 0.1) is 26.9 Å². The summed E-state index contributed by atoms with van der Waals surface area (Å²) in [6, 6.07) is 1.68. The third kappa shape index (κ3) is 2.82. The highest BCUT2D eigenvalue weighted by atomic mass is 35.5. The number of aromatic nitrogens is 2. The van der Waals surface area contributed by atoms with Crippen LogP contribution in [0.1, 0.15) is 18.4 Å². The van der Waals surface area contributed by atoms with Crippen LogP contribution >= 0.6 is 23.2 Å². The molecule has 0 unspecified atom stereocenters. The molecule has 24 heavy (non-hydrogen) atoms. The Morgan fingerprint density at radius 2 is 1.88 bits per heavy atom. The predicted molar refractivity (Wildman–Crippen MR) is 81.6 cm³/mol. The zero-order valence-electron chi connectivity index (χ0n) is 12.0. The summed E-state index contributed by atoms with van der Waals surface area (Å²) >= 11 is 11.9. The van der Waals surface area contributed by atoms with E-state index in [-0.39, 0.29) is 32.4 Å². The number of rotatable bonds is 2. The lowest BCUT2D eigenvalue weighted by Crippen LogP contribution is -2.06. The number of fused-ring (bicyclic) bond motifs is 1. The van der Waals surface area contributed by atoms with Crippen molar-refractivity contribution >= 4 is 34.3 Å². The van der Waals surface area contributed by atoms with E-state index in [1.807, 2.05) is 0 Å². The van der Waals surface area contributed by atoms with E-state index in [1.165, 1.54) is 0 Å². The number of nitrogens with zero attached hydrogens (tertiary/aromatic N) is 2. The zero-order chi connectivity index (χ0) is 17.6. The lowest BCUT2D eigenvalue weighted by molar-refractivity contribution is -0.137. The van der Waals surface area contributed by atoms with Gasteiger partial charge in [-0.2, -0.15) is 13.2 Å². The van der Waals surface area contributed by atoms with Crippen LogP contribution in [-0.2, 0) is 12.6 Å². The van der Waals surface area contributed by atoms with Crippen molar-refractivity contribution in [2.75, 3.05) is 0 Å². The molecule has 2 aromatic heterocycles. The first-order valence-electron chi connectivity index (χ1n) is 6.73. The summed E-state index contributed by atoms with van der Waals surface area (Å²) in [6.07, 6.45) is -3.59. The highest BCUT2D eigenvalue weighted by Gasteiger charge is 2.32. The Kier molecular flexibility index (Phi) is 4.17. The highest BCUT2D eigenvalue weighted by molar-refractivity contribution is 6.36. The fourth-order valence-corrected chi connectivity index (χ4v) is 2.69. The lowest BCUT2D eigenvalue weighted by atomic mass is 10.1. The summed E-state index contributed by atoms with van der Waals surface area (Å²) in [5.74, 6) is -0.512. The number of alkyl halides is 3. The van der Waals surface area contributed by atoms with Crippen LogP contribution in [0.5, 0.6) is 0 Å². The fraction of sp³-hybridized carbons (Fsp3) is 0.200. The molecule has 0 radical (unpaired) electrons. The first kappa shape index (κ1) is 17.0. The average molecular weight is 379 g/mol. The second-order valence-corrected chi connectivity index (χ2v) is 5.72. The summed E-state index contributed by atoms with van der Waals surface area (Å²) in [7, 11) is 0. The molecule has 0 aliphatic heterocycles. The molecule has 0 aliphatic rings. The normalized spacial score (nSPS) is 12.1. The van der Waals surface area contributed by atoms with Crippen LogP contribution in [0.4, 0.5) is 17.6 Å². The quantitative estimate of drug-likeness (QED) is 0.519. The number of hydrogen-bond acceptors (Lipinski definition) is 3. The van der Waals surface area contributed by atoms with Crippen LogP contribution in [0.3, 0.4) is 0 Å². The van der Waals surface area contributed by atoms with Crippen molar-refractivity contribution in [2.24, 2.45) is 0 Å². The molecule has 0 amide bonds. The summed E-state index contributed by atoms with van der Waals surface area (Å²) < 4.78 is 58.0. The van der Waals surface area contributed by atoms with Crippen LogP contribution < -0.4 is 0 Å². The van der Waals surface area contributed by atoms with Crippen molar-refractivity contribution < 1.29 is 22.0 Å². The Morgan fingerprint density at radius 3 is 2.46 bits per heavy atom. The Morgan fingerprint density at radius 1 is 1.17 bits per heavy atom. The maximum absolute atomic E-state index is 14.4. The number of oxazole rings is 1. The summed E-state index contributed by atoms with van der Waals surface area (Å²) in [6.45, 7) is 1.78. The molecule has 3 rings (SSSR count). The van der Waals surface area contributed by atoms with E-state index in [9.17, 15) is 17.6 Å². The number of benzene rings is 1. The first-order valence-corrected chi connectivity index (χ1v) is 7.48. The van der Waals surface area contributed by atoms with Crippen molar-refractivity contribution in [3.8, 4) is 11.3 Å².